The molecule has 0 radical (unpaired) electrons. The molecule has 11 heteroatoms. The number of aromatic nitrogens is 2. The number of halogens is 1. The summed E-state index contributed by atoms with van der Waals surface area (Å²) in [6.45, 7) is 2.32. The maximum absolute atomic E-state index is 14.2. The molecule has 0 saturated heterocycles. The van der Waals surface area contributed by atoms with Gasteiger partial charge in [-0.2, -0.15) is 0 Å². The quantitative estimate of drug-likeness (QED) is 0.322. The fraction of sp³-hybridized carbons (Fsp3) is 0.286. The molecule has 1 aliphatic rings. The Morgan fingerprint density at radius 1 is 1.21 bits per heavy atom. The molecule has 0 aliphatic heterocycles. The standard InChI is InChI=1S/C28H31BFN3O6/c1-17-21(14-26(34)31-16-20-6-5-8-33(20)2)23-13-19(30)15-32-27(23)22(17)10-18-11-24(37-3)28(25(12-18)38-4)39-9-7-29(35)36/h5-6,8,10-13,15,35-36H,7,9,14,16H2,1-4H3,(H,31,34)/b22-10-. The molecular weight excluding hydrogens is 504 g/mol. The third-order valence-corrected chi connectivity index (χ3v) is 6.56. The van der Waals surface area contributed by atoms with E-state index in [1.165, 1.54) is 20.3 Å². The van der Waals surface area contributed by atoms with Gasteiger partial charge in [0.2, 0.25) is 11.7 Å². The summed E-state index contributed by atoms with van der Waals surface area (Å²) in [7, 11) is 3.41. The highest BCUT2D eigenvalue weighted by atomic mass is 19.1. The number of fused-ring (bicyclic) bond motifs is 1. The third kappa shape index (κ3) is 6.32. The number of hydrogen-bond donors (Lipinski definition) is 3. The maximum Gasteiger partial charge on any atom is 0.454 e. The van der Waals surface area contributed by atoms with Gasteiger partial charge < -0.3 is 34.1 Å². The summed E-state index contributed by atoms with van der Waals surface area (Å²) in [6.07, 6.45) is 5.03. The normalized spacial score (nSPS) is 13.5. The molecule has 3 aromatic rings. The lowest BCUT2D eigenvalue weighted by Gasteiger charge is -2.15. The minimum absolute atomic E-state index is 0.0165. The average molecular weight is 535 g/mol. The Hall–Kier alpha value is -4.09. The number of rotatable bonds is 11. The van der Waals surface area contributed by atoms with Crippen LogP contribution in [0.3, 0.4) is 0 Å². The Kier molecular flexibility index (Phi) is 8.73. The van der Waals surface area contributed by atoms with Crippen LogP contribution in [0.15, 0.2) is 48.3 Å². The number of allylic oxidation sites excluding steroid dienone is 2. The van der Waals surface area contributed by atoms with Gasteiger partial charge in [-0.25, -0.2) is 4.39 Å². The number of nitrogens with zero attached hydrogens (tertiary/aromatic N) is 2. The topological polar surface area (TPSA) is 115 Å². The monoisotopic (exact) mass is 535 g/mol. The molecule has 0 spiro atoms. The molecule has 0 bridgehead atoms. The average Bonchev–Trinajstić information content (AvgIpc) is 3.43. The van der Waals surface area contributed by atoms with Crippen LogP contribution in [0.2, 0.25) is 6.32 Å². The fourth-order valence-electron chi connectivity index (χ4n) is 4.48. The van der Waals surface area contributed by atoms with Gasteiger partial charge in [0.25, 0.3) is 0 Å². The van der Waals surface area contributed by atoms with Crippen molar-refractivity contribution in [1.82, 2.24) is 14.9 Å². The number of amides is 1. The summed E-state index contributed by atoms with van der Waals surface area (Å²) in [4.78, 5) is 17.2. The maximum atomic E-state index is 14.2. The molecule has 0 saturated carbocycles. The first-order valence-corrected chi connectivity index (χ1v) is 12.4. The summed E-state index contributed by atoms with van der Waals surface area (Å²) in [5.74, 6) is 0.446. The summed E-state index contributed by atoms with van der Waals surface area (Å²) in [6, 6.07) is 8.75. The van der Waals surface area contributed by atoms with Gasteiger partial charge in [0.05, 0.1) is 45.7 Å². The summed E-state index contributed by atoms with van der Waals surface area (Å²) < 4.78 is 32.9. The number of hydrogen-bond acceptors (Lipinski definition) is 7. The molecule has 1 aliphatic carbocycles. The highest BCUT2D eigenvalue weighted by molar-refractivity contribution is 6.41. The lowest BCUT2D eigenvalue weighted by molar-refractivity contribution is -0.120. The molecule has 0 unspecified atom stereocenters. The van der Waals surface area contributed by atoms with Crippen molar-refractivity contribution in [2.45, 2.75) is 26.2 Å². The molecule has 9 nitrogen and oxygen atoms in total. The Morgan fingerprint density at radius 2 is 1.92 bits per heavy atom. The number of aryl methyl sites for hydroxylation is 1. The largest absolute Gasteiger partial charge is 0.493 e. The van der Waals surface area contributed by atoms with Crippen LogP contribution in [-0.2, 0) is 18.4 Å². The van der Waals surface area contributed by atoms with Crippen molar-refractivity contribution in [2.75, 3.05) is 20.8 Å². The lowest BCUT2D eigenvalue weighted by atomic mass is 9.87. The molecule has 0 atom stereocenters. The molecule has 39 heavy (non-hydrogen) atoms. The second-order valence-corrected chi connectivity index (χ2v) is 9.15. The zero-order chi connectivity index (χ0) is 28.1. The van der Waals surface area contributed by atoms with E-state index in [0.717, 1.165) is 23.0 Å². The van der Waals surface area contributed by atoms with E-state index in [4.69, 9.17) is 24.3 Å². The van der Waals surface area contributed by atoms with Gasteiger partial charge in [-0.15, -0.1) is 0 Å². The van der Waals surface area contributed by atoms with Gasteiger partial charge >= 0.3 is 7.12 Å². The van der Waals surface area contributed by atoms with Crippen molar-refractivity contribution in [3.8, 4) is 17.2 Å². The molecule has 1 aromatic carbocycles. The highest BCUT2D eigenvalue weighted by Crippen LogP contribution is 2.44. The van der Waals surface area contributed by atoms with Crippen LogP contribution < -0.4 is 19.5 Å². The zero-order valence-corrected chi connectivity index (χ0v) is 22.3. The van der Waals surface area contributed by atoms with E-state index < -0.39 is 12.9 Å². The summed E-state index contributed by atoms with van der Waals surface area (Å²) in [5.41, 5.74) is 5.09. The third-order valence-electron chi connectivity index (χ3n) is 6.56. The molecule has 204 valence electrons. The molecule has 3 N–H and O–H groups in total. The van der Waals surface area contributed by atoms with Crippen LogP contribution in [-0.4, -0.2) is 53.5 Å². The van der Waals surface area contributed by atoms with Gasteiger partial charge in [-0.05, 0) is 60.0 Å². The smallest absolute Gasteiger partial charge is 0.454 e. The number of nitrogens with one attached hydrogen (secondary N) is 1. The Bertz CT molecular complexity index is 1410. The van der Waals surface area contributed by atoms with Crippen molar-refractivity contribution in [1.29, 1.82) is 0 Å². The van der Waals surface area contributed by atoms with Crippen LogP contribution in [0.5, 0.6) is 17.2 Å². The minimum atomic E-state index is -1.49. The number of carbonyl (C=O) groups excluding carboxylic acids is 1. The number of ether oxygens (including phenoxy) is 3. The number of methoxy groups -OCH3 is 2. The van der Waals surface area contributed by atoms with Gasteiger partial charge in [0, 0.05) is 36.4 Å². The molecular formula is C28H31BFN3O6. The van der Waals surface area contributed by atoms with Crippen molar-refractivity contribution in [3.63, 3.8) is 0 Å². The molecule has 1 amide bonds. The van der Waals surface area contributed by atoms with Gasteiger partial charge in [-0.1, -0.05) is 0 Å². The van der Waals surface area contributed by atoms with E-state index >= 15 is 0 Å². The van der Waals surface area contributed by atoms with Crippen LogP contribution >= 0.6 is 0 Å². The second-order valence-electron chi connectivity index (χ2n) is 9.15. The summed E-state index contributed by atoms with van der Waals surface area (Å²) >= 11 is 0. The van der Waals surface area contributed by atoms with Gasteiger partial charge in [0.1, 0.15) is 5.82 Å². The Balaban J connectivity index is 1.66. The first kappa shape index (κ1) is 27.9. The lowest BCUT2D eigenvalue weighted by Crippen LogP contribution is -2.23. The predicted octanol–water partition coefficient (Wildman–Crippen LogP) is 3.46. The molecule has 2 heterocycles. The van der Waals surface area contributed by atoms with E-state index in [9.17, 15) is 9.18 Å². The number of benzene rings is 1. The first-order valence-electron chi connectivity index (χ1n) is 12.4. The van der Waals surface area contributed by atoms with Crippen molar-refractivity contribution >= 4 is 30.2 Å². The van der Waals surface area contributed by atoms with E-state index in [1.807, 2.05) is 42.9 Å². The van der Waals surface area contributed by atoms with Crippen LogP contribution in [0, 0.1) is 5.82 Å². The SMILES string of the molecule is COc1cc(/C=C2/C(C)=C(CC(=O)NCc3cccn3C)c3cc(F)cnc32)cc(OC)c1OCCB(O)O. The van der Waals surface area contributed by atoms with E-state index in [1.54, 1.807) is 12.1 Å². The Morgan fingerprint density at radius 3 is 2.54 bits per heavy atom. The van der Waals surface area contributed by atoms with Gasteiger partial charge in [0.15, 0.2) is 11.5 Å². The molecule has 0 fully saturated rings. The van der Waals surface area contributed by atoms with Crippen LogP contribution in [0.4, 0.5) is 4.39 Å². The zero-order valence-electron chi connectivity index (χ0n) is 22.3. The van der Waals surface area contributed by atoms with E-state index in [2.05, 4.69) is 10.3 Å². The van der Waals surface area contributed by atoms with Crippen LogP contribution in [0.1, 0.15) is 35.9 Å². The van der Waals surface area contributed by atoms with E-state index in [-0.39, 0.29) is 25.3 Å². The van der Waals surface area contributed by atoms with Crippen LogP contribution in [0.25, 0.3) is 17.2 Å². The second kappa shape index (κ2) is 12.2. The van der Waals surface area contributed by atoms with E-state index in [0.29, 0.717) is 46.2 Å². The first-order chi connectivity index (χ1) is 18.7. The highest BCUT2D eigenvalue weighted by Gasteiger charge is 2.27. The Labute approximate surface area is 226 Å². The fourth-order valence-corrected chi connectivity index (χ4v) is 4.48. The molecule has 4 rings (SSSR count). The number of pyridine rings is 1. The van der Waals surface area contributed by atoms with Crippen molar-refractivity contribution < 1.29 is 33.4 Å². The summed E-state index contributed by atoms with van der Waals surface area (Å²) in [5, 5.41) is 21.2. The van der Waals surface area contributed by atoms with Gasteiger partial charge in [-0.3, -0.25) is 9.78 Å². The van der Waals surface area contributed by atoms with Crippen molar-refractivity contribution in [3.05, 3.63) is 76.6 Å². The molecule has 2 aromatic heterocycles. The van der Waals surface area contributed by atoms with Crippen molar-refractivity contribution in [2.24, 2.45) is 7.05 Å². The minimum Gasteiger partial charge on any atom is -0.493 e. The predicted molar refractivity (Wildman–Crippen MR) is 147 cm³/mol. The number of carbonyl (C=O) groups is 1.